The standard InChI is InChI=1S/C23H32ClN3O3/c1-3-26(4-2)20(18-11-7-8-12-19(18)24)15-25-21(28)13-14-27-22(29)16-9-5-6-10-17(16)23(27)30/h7-8,11-12,16-17,20H,3-6,9-10,13-15H2,1-2H3,(H,25,28)/t16-,17-,20+/m0/s1. The van der Waals surface area contributed by atoms with Crippen LogP contribution < -0.4 is 5.32 Å². The number of carbonyl (C=O) groups excluding carboxylic acids is 3. The second-order valence-electron chi connectivity index (χ2n) is 8.14. The van der Waals surface area contributed by atoms with E-state index in [1.54, 1.807) is 0 Å². The summed E-state index contributed by atoms with van der Waals surface area (Å²) in [6.07, 6.45) is 3.72. The van der Waals surface area contributed by atoms with Gasteiger partial charge in [0, 0.05) is 24.5 Å². The quantitative estimate of drug-likeness (QED) is 0.606. The van der Waals surface area contributed by atoms with Gasteiger partial charge in [0.1, 0.15) is 0 Å². The van der Waals surface area contributed by atoms with Gasteiger partial charge in [-0.3, -0.25) is 24.2 Å². The minimum absolute atomic E-state index is 0.0319. The molecule has 1 saturated carbocycles. The summed E-state index contributed by atoms with van der Waals surface area (Å²) in [5.74, 6) is -0.665. The Morgan fingerprint density at radius 3 is 2.30 bits per heavy atom. The van der Waals surface area contributed by atoms with Gasteiger partial charge in [-0.2, -0.15) is 0 Å². The molecule has 164 valence electrons. The maximum atomic E-state index is 12.6. The number of likely N-dealkylation sites (N-methyl/N-ethyl adjacent to an activating group) is 1. The number of halogens is 1. The smallest absolute Gasteiger partial charge is 0.233 e. The van der Waals surface area contributed by atoms with Crippen LogP contribution in [0.5, 0.6) is 0 Å². The molecule has 3 rings (SSSR count). The third-order valence-electron chi connectivity index (χ3n) is 6.50. The van der Waals surface area contributed by atoms with Crippen LogP contribution in [0.4, 0.5) is 0 Å². The number of hydrogen-bond donors (Lipinski definition) is 1. The van der Waals surface area contributed by atoms with Gasteiger partial charge in [0.05, 0.1) is 17.9 Å². The summed E-state index contributed by atoms with van der Waals surface area (Å²) < 4.78 is 0. The highest BCUT2D eigenvalue weighted by Gasteiger charge is 2.47. The Kier molecular flexibility index (Phi) is 7.89. The zero-order chi connectivity index (χ0) is 21.7. The van der Waals surface area contributed by atoms with E-state index in [4.69, 9.17) is 11.6 Å². The molecule has 1 aromatic carbocycles. The van der Waals surface area contributed by atoms with Gasteiger partial charge in [-0.1, -0.05) is 56.5 Å². The number of likely N-dealkylation sites (tertiary alicyclic amines) is 1. The van der Waals surface area contributed by atoms with E-state index in [-0.39, 0.29) is 48.6 Å². The van der Waals surface area contributed by atoms with Gasteiger partial charge in [0.15, 0.2) is 0 Å². The number of fused-ring (bicyclic) bond motifs is 1. The number of nitrogens with one attached hydrogen (secondary N) is 1. The van der Waals surface area contributed by atoms with E-state index in [1.165, 1.54) is 4.90 Å². The zero-order valence-electron chi connectivity index (χ0n) is 17.9. The van der Waals surface area contributed by atoms with Crippen molar-refractivity contribution in [2.24, 2.45) is 11.8 Å². The average molecular weight is 434 g/mol. The summed E-state index contributed by atoms with van der Waals surface area (Å²) in [5.41, 5.74) is 0.983. The Labute approximate surface area is 183 Å². The van der Waals surface area contributed by atoms with Crippen molar-refractivity contribution in [3.63, 3.8) is 0 Å². The maximum absolute atomic E-state index is 12.6. The Morgan fingerprint density at radius 2 is 1.73 bits per heavy atom. The Bertz CT molecular complexity index is 757. The number of benzene rings is 1. The lowest BCUT2D eigenvalue weighted by Crippen LogP contribution is -2.40. The molecular weight excluding hydrogens is 402 g/mol. The lowest BCUT2D eigenvalue weighted by atomic mass is 9.81. The number of rotatable bonds is 9. The van der Waals surface area contributed by atoms with Crippen molar-refractivity contribution in [2.45, 2.75) is 52.0 Å². The second kappa shape index (κ2) is 10.4. The molecule has 6 nitrogen and oxygen atoms in total. The first-order valence-corrected chi connectivity index (χ1v) is 11.5. The van der Waals surface area contributed by atoms with E-state index in [2.05, 4.69) is 24.1 Å². The highest BCUT2D eigenvalue weighted by Crippen LogP contribution is 2.38. The third-order valence-corrected chi connectivity index (χ3v) is 6.85. The number of hydrogen-bond acceptors (Lipinski definition) is 4. The summed E-state index contributed by atoms with van der Waals surface area (Å²) in [6.45, 7) is 6.43. The summed E-state index contributed by atoms with van der Waals surface area (Å²) in [5, 5.41) is 3.67. The van der Waals surface area contributed by atoms with Crippen LogP contribution in [0.1, 0.15) is 57.6 Å². The van der Waals surface area contributed by atoms with Gasteiger partial charge in [0.2, 0.25) is 17.7 Å². The predicted molar refractivity (Wildman–Crippen MR) is 117 cm³/mol. The molecule has 1 saturated heterocycles. The van der Waals surface area contributed by atoms with Crippen LogP contribution in [0, 0.1) is 11.8 Å². The van der Waals surface area contributed by atoms with Gasteiger partial charge in [-0.05, 0) is 37.6 Å². The molecule has 1 aliphatic carbocycles. The summed E-state index contributed by atoms with van der Waals surface area (Å²) in [7, 11) is 0. The first kappa shape index (κ1) is 22.8. The predicted octanol–water partition coefficient (Wildman–Crippen LogP) is 3.40. The van der Waals surface area contributed by atoms with Crippen molar-refractivity contribution < 1.29 is 14.4 Å². The lowest BCUT2D eigenvalue weighted by molar-refractivity contribution is -0.140. The highest BCUT2D eigenvalue weighted by atomic mass is 35.5. The molecule has 3 atom stereocenters. The number of amides is 3. The van der Waals surface area contributed by atoms with Gasteiger partial charge in [0.25, 0.3) is 0 Å². The van der Waals surface area contributed by atoms with Crippen LogP contribution in [0.3, 0.4) is 0 Å². The fourth-order valence-corrected chi connectivity index (χ4v) is 5.07. The third kappa shape index (κ3) is 4.86. The minimum atomic E-state index is -0.165. The SMILES string of the molecule is CCN(CC)[C@H](CNC(=O)CCN1C(=O)[C@H]2CCCC[C@@H]2C1=O)c1ccccc1Cl. The number of carbonyl (C=O) groups is 3. The summed E-state index contributed by atoms with van der Waals surface area (Å²) in [6, 6.07) is 7.66. The van der Waals surface area contributed by atoms with E-state index < -0.39 is 0 Å². The Balaban J connectivity index is 1.57. The molecule has 1 N–H and O–H groups in total. The molecule has 2 aliphatic rings. The Morgan fingerprint density at radius 1 is 1.13 bits per heavy atom. The summed E-state index contributed by atoms with van der Waals surface area (Å²) >= 11 is 6.41. The van der Waals surface area contributed by atoms with E-state index in [0.29, 0.717) is 11.6 Å². The molecule has 0 bridgehead atoms. The maximum Gasteiger partial charge on any atom is 0.233 e. The second-order valence-corrected chi connectivity index (χ2v) is 8.55. The largest absolute Gasteiger partial charge is 0.354 e. The van der Waals surface area contributed by atoms with Crippen LogP contribution in [-0.2, 0) is 14.4 Å². The van der Waals surface area contributed by atoms with Crippen molar-refractivity contribution >= 4 is 29.3 Å². The van der Waals surface area contributed by atoms with Crippen molar-refractivity contribution in [1.29, 1.82) is 0 Å². The molecule has 0 spiro atoms. The van der Waals surface area contributed by atoms with Gasteiger partial charge < -0.3 is 5.32 Å². The fourth-order valence-electron chi connectivity index (χ4n) is 4.81. The van der Waals surface area contributed by atoms with Gasteiger partial charge >= 0.3 is 0 Å². The molecule has 2 fully saturated rings. The van der Waals surface area contributed by atoms with Crippen LogP contribution in [0.25, 0.3) is 0 Å². The number of imide groups is 1. The molecule has 1 aromatic rings. The van der Waals surface area contributed by atoms with Crippen LogP contribution in [0.15, 0.2) is 24.3 Å². The molecule has 1 aliphatic heterocycles. The van der Waals surface area contributed by atoms with Crippen molar-refractivity contribution in [3.05, 3.63) is 34.9 Å². The lowest BCUT2D eigenvalue weighted by Gasteiger charge is -2.31. The monoisotopic (exact) mass is 433 g/mol. The highest BCUT2D eigenvalue weighted by molar-refractivity contribution is 6.31. The van der Waals surface area contributed by atoms with Crippen molar-refractivity contribution in [1.82, 2.24) is 15.1 Å². The average Bonchev–Trinajstić information content (AvgIpc) is 3.00. The number of nitrogens with zero attached hydrogens (tertiary/aromatic N) is 2. The molecule has 0 aromatic heterocycles. The van der Waals surface area contributed by atoms with Crippen LogP contribution in [-0.4, -0.2) is 53.7 Å². The van der Waals surface area contributed by atoms with Gasteiger partial charge in [-0.15, -0.1) is 0 Å². The molecule has 0 radical (unpaired) electrons. The van der Waals surface area contributed by atoms with E-state index in [9.17, 15) is 14.4 Å². The van der Waals surface area contributed by atoms with Gasteiger partial charge in [-0.25, -0.2) is 0 Å². The molecule has 7 heteroatoms. The zero-order valence-corrected chi connectivity index (χ0v) is 18.7. The molecule has 30 heavy (non-hydrogen) atoms. The minimum Gasteiger partial charge on any atom is -0.354 e. The van der Waals surface area contributed by atoms with Crippen LogP contribution >= 0.6 is 11.6 Å². The normalized spacial score (nSPS) is 22.3. The molecule has 1 heterocycles. The molecule has 3 amide bonds. The summed E-state index contributed by atoms with van der Waals surface area (Å²) in [4.78, 5) is 41.2. The van der Waals surface area contributed by atoms with Crippen molar-refractivity contribution in [3.8, 4) is 0 Å². The van der Waals surface area contributed by atoms with E-state index in [1.807, 2.05) is 24.3 Å². The first-order valence-electron chi connectivity index (χ1n) is 11.1. The Hall–Kier alpha value is -1.92. The first-order chi connectivity index (χ1) is 14.5. The van der Waals surface area contributed by atoms with Crippen molar-refractivity contribution in [2.75, 3.05) is 26.2 Å². The topological polar surface area (TPSA) is 69.7 Å². The van der Waals surface area contributed by atoms with E-state index >= 15 is 0 Å². The van der Waals surface area contributed by atoms with E-state index in [0.717, 1.165) is 44.3 Å². The molecule has 0 unspecified atom stereocenters. The van der Waals surface area contributed by atoms with Crippen LogP contribution in [0.2, 0.25) is 5.02 Å². The molecular formula is C23H32ClN3O3. The fraction of sp³-hybridized carbons (Fsp3) is 0.609.